The van der Waals surface area contributed by atoms with Gasteiger partial charge in [0, 0.05) is 14.2 Å². The minimum Gasteiger partial charge on any atom is -0.382 e. The van der Waals surface area contributed by atoms with Crippen LogP contribution in [0.3, 0.4) is 0 Å². The molecule has 0 aromatic heterocycles. The molecule has 1 unspecified atom stereocenters. The molecular weight excluding hydrogens is 136 g/mol. The summed E-state index contributed by atoms with van der Waals surface area (Å²) in [5.74, 6) is 0. The smallest absolute Gasteiger partial charge is 0.183 e. The van der Waals surface area contributed by atoms with Gasteiger partial charge in [0.05, 0.1) is 13.2 Å². The van der Waals surface area contributed by atoms with E-state index in [0.717, 1.165) is 0 Å². The van der Waals surface area contributed by atoms with E-state index in [9.17, 15) is 5.11 Å². The van der Waals surface area contributed by atoms with Crippen molar-refractivity contribution in [3.63, 3.8) is 0 Å². The Labute approximate surface area is 60.7 Å². The van der Waals surface area contributed by atoms with Crippen molar-refractivity contribution >= 4 is 0 Å². The lowest BCUT2D eigenvalue weighted by Gasteiger charge is -2.11. The maximum atomic E-state index is 10.2. The zero-order chi connectivity index (χ0) is 7.82. The standard InChI is InChI=1S/C6H13O4/c1-8-3-4-10-6(5-7)9-2/h6H,3-5H2,1-2H3. The molecule has 4 heteroatoms. The predicted octanol–water partition coefficient (Wildman–Crippen LogP) is 0.0524. The topological polar surface area (TPSA) is 47.6 Å². The fourth-order valence-corrected chi connectivity index (χ4v) is 0.447. The van der Waals surface area contributed by atoms with Gasteiger partial charge < -0.3 is 14.2 Å². The van der Waals surface area contributed by atoms with Crippen molar-refractivity contribution in [1.82, 2.24) is 0 Å². The third-order valence-electron chi connectivity index (χ3n) is 0.990. The van der Waals surface area contributed by atoms with E-state index in [1.54, 1.807) is 7.11 Å². The third kappa shape index (κ3) is 4.69. The number of hydrogen-bond donors (Lipinski definition) is 0. The molecule has 0 spiro atoms. The molecule has 0 rings (SSSR count). The van der Waals surface area contributed by atoms with Gasteiger partial charge in [-0.2, -0.15) is 0 Å². The fourth-order valence-electron chi connectivity index (χ4n) is 0.447. The first kappa shape index (κ1) is 9.84. The Balaban J connectivity index is 3.09. The van der Waals surface area contributed by atoms with Crippen molar-refractivity contribution in [2.24, 2.45) is 0 Å². The summed E-state index contributed by atoms with van der Waals surface area (Å²) >= 11 is 0. The molecule has 0 saturated carbocycles. The first-order valence-electron chi connectivity index (χ1n) is 3.06. The first-order valence-corrected chi connectivity index (χ1v) is 3.06. The van der Waals surface area contributed by atoms with Crippen LogP contribution in [0.2, 0.25) is 0 Å². The predicted molar refractivity (Wildman–Crippen MR) is 34.2 cm³/mol. The van der Waals surface area contributed by atoms with Gasteiger partial charge in [0.25, 0.3) is 0 Å². The molecule has 61 valence electrons. The van der Waals surface area contributed by atoms with Crippen LogP contribution in [-0.4, -0.2) is 40.3 Å². The number of hydrogen-bond acceptors (Lipinski definition) is 3. The molecule has 0 aliphatic carbocycles. The van der Waals surface area contributed by atoms with Crippen LogP contribution in [0.4, 0.5) is 0 Å². The summed E-state index contributed by atoms with van der Waals surface area (Å²) in [7, 11) is 3.01. The van der Waals surface area contributed by atoms with Crippen LogP contribution in [0.5, 0.6) is 0 Å². The number of rotatable bonds is 6. The van der Waals surface area contributed by atoms with Crippen molar-refractivity contribution in [1.29, 1.82) is 0 Å². The molecule has 1 atom stereocenters. The Hall–Kier alpha value is -0.160. The van der Waals surface area contributed by atoms with E-state index in [2.05, 4.69) is 4.74 Å². The molecule has 0 aliphatic rings. The highest BCUT2D eigenvalue weighted by atomic mass is 16.7. The van der Waals surface area contributed by atoms with Crippen molar-refractivity contribution in [3.8, 4) is 0 Å². The second-order valence-electron chi connectivity index (χ2n) is 1.70. The number of methoxy groups -OCH3 is 2. The molecule has 0 saturated heterocycles. The van der Waals surface area contributed by atoms with Gasteiger partial charge in [0.1, 0.15) is 6.61 Å². The van der Waals surface area contributed by atoms with E-state index < -0.39 is 6.29 Å². The SMILES string of the molecule is COCCOC(C[O])OC. The molecule has 0 aromatic rings. The first-order chi connectivity index (χ1) is 4.85. The van der Waals surface area contributed by atoms with Gasteiger partial charge in [0.15, 0.2) is 6.29 Å². The fraction of sp³-hybridized carbons (Fsp3) is 1.00. The van der Waals surface area contributed by atoms with Gasteiger partial charge >= 0.3 is 0 Å². The van der Waals surface area contributed by atoms with Crippen LogP contribution in [-0.2, 0) is 19.3 Å². The molecule has 0 amide bonds. The van der Waals surface area contributed by atoms with Crippen molar-refractivity contribution in [2.75, 3.05) is 34.0 Å². The molecule has 0 aliphatic heterocycles. The average molecular weight is 149 g/mol. The van der Waals surface area contributed by atoms with E-state index in [1.165, 1.54) is 7.11 Å². The van der Waals surface area contributed by atoms with E-state index in [0.29, 0.717) is 13.2 Å². The summed E-state index contributed by atoms with van der Waals surface area (Å²) in [6.07, 6.45) is -0.629. The molecule has 0 bridgehead atoms. The van der Waals surface area contributed by atoms with E-state index in [1.807, 2.05) is 0 Å². The minimum absolute atomic E-state index is 0.375. The maximum absolute atomic E-state index is 10.2. The highest BCUT2D eigenvalue weighted by Crippen LogP contribution is 1.90. The molecule has 4 nitrogen and oxygen atoms in total. The summed E-state index contributed by atoms with van der Waals surface area (Å²) < 4.78 is 14.3. The largest absolute Gasteiger partial charge is 0.382 e. The van der Waals surface area contributed by atoms with E-state index in [-0.39, 0.29) is 6.61 Å². The zero-order valence-corrected chi connectivity index (χ0v) is 6.33. The molecule has 1 radical (unpaired) electrons. The van der Waals surface area contributed by atoms with Gasteiger partial charge in [-0.25, -0.2) is 5.11 Å². The van der Waals surface area contributed by atoms with Crippen LogP contribution < -0.4 is 0 Å². The highest BCUT2D eigenvalue weighted by molar-refractivity contribution is 4.36. The monoisotopic (exact) mass is 149 g/mol. The van der Waals surface area contributed by atoms with Crippen molar-refractivity contribution in [3.05, 3.63) is 0 Å². The molecule has 0 N–H and O–H groups in total. The Bertz CT molecular complexity index is 62.8. The van der Waals surface area contributed by atoms with Gasteiger partial charge in [-0.15, -0.1) is 0 Å². The van der Waals surface area contributed by atoms with Crippen LogP contribution in [0.15, 0.2) is 0 Å². The molecule has 0 aromatic carbocycles. The maximum Gasteiger partial charge on any atom is 0.183 e. The molecular formula is C6H13O4. The van der Waals surface area contributed by atoms with Crippen LogP contribution in [0.25, 0.3) is 0 Å². The summed E-state index contributed by atoms with van der Waals surface area (Å²) in [4.78, 5) is 0. The second-order valence-corrected chi connectivity index (χ2v) is 1.70. The van der Waals surface area contributed by atoms with Gasteiger partial charge in [-0.1, -0.05) is 0 Å². The van der Waals surface area contributed by atoms with E-state index in [4.69, 9.17) is 9.47 Å². The Morgan fingerprint density at radius 2 is 2.00 bits per heavy atom. The Morgan fingerprint density at radius 3 is 2.40 bits per heavy atom. The van der Waals surface area contributed by atoms with E-state index >= 15 is 0 Å². The average Bonchev–Trinajstić information content (AvgIpc) is 1.99. The lowest BCUT2D eigenvalue weighted by molar-refractivity contribution is -0.162. The van der Waals surface area contributed by atoms with Crippen LogP contribution in [0, 0.1) is 0 Å². The lowest BCUT2D eigenvalue weighted by atomic mass is 10.6. The zero-order valence-electron chi connectivity index (χ0n) is 6.33. The van der Waals surface area contributed by atoms with Gasteiger partial charge in [0.2, 0.25) is 0 Å². The normalized spacial score (nSPS) is 13.5. The van der Waals surface area contributed by atoms with Gasteiger partial charge in [-0.3, -0.25) is 0 Å². The molecule has 0 heterocycles. The van der Waals surface area contributed by atoms with Crippen LogP contribution >= 0.6 is 0 Å². The lowest BCUT2D eigenvalue weighted by Crippen LogP contribution is -2.21. The summed E-state index contributed by atoms with van der Waals surface area (Å²) in [6, 6.07) is 0. The Morgan fingerprint density at radius 1 is 1.30 bits per heavy atom. The number of ether oxygens (including phenoxy) is 3. The molecule has 10 heavy (non-hydrogen) atoms. The highest BCUT2D eigenvalue weighted by Gasteiger charge is 2.04. The summed E-state index contributed by atoms with van der Waals surface area (Å²) in [5.41, 5.74) is 0. The van der Waals surface area contributed by atoms with Crippen molar-refractivity contribution in [2.45, 2.75) is 6.29 Å². The summed E-state index contributed by atoms with van der Waals surface area (Å²) in [5, 5.41) is 10.2. The quantitative estimate of drug-likeness (QED) is 0.396. The Kier molecular flexibility index (Phi) is 6.84. The second kappa shape index (κ2) is 6.95. The molecule has 0 fully saturated rings. The van der Waals surface area contributed by atoms with Gasteiger partial charge in [-0.05, 0) is 0 Å². The van der Waals surface area contributed by atoms with Crippen molar-refractivity contribution < 1.29 is 19.3 Å². The summed E-state index contributed by atoms with van der Waals surface area (Å²) in [6.45, 7) is 0.511. The third-order valence-corrected chi connectivity index (χ3v) is 0.990. The van der Waals surface area contributed by atoms with Crippen LogP contribution in [0.1, 0.15) is 0 Å². The minimum atomic E-state index is -0.629.